The lowest BCUT2D eigenvalue weighted by Gasteiger charge is -2.15. The second-order valence-corrected chi connectivity index (χ2v) is 6.53. The first-order valence-corrected chi connectivity index (χ1v) is 7.99. The van der Waals surface area contributed by atoms with Crippen molar-refractivity contribution in [3.8, 4) is 0 Å². The summed E-state index contributed by atoms with van der Waals surface area (Å²) in [4.78, 5) is 13.1. The Kier molecular flexibility index (Phi) is 3.80. The van der Waals surface area contributed by atoms with Crippen LogP contribution in [0.1, 0.15) is 25.8 Å². The zero-order valence-electron chi connectivity index (χ0n) is 11.1. The van der Waals surface area contributed by atoms with Crippen molar-refractivity contribution < 1.29 is 13.2 Å². The van der Waals surface area contributed by atoms with Gasteiger partial charge in [0.05, 0.1) is 5.75 Å². The average Bonchev–Trinajstić information content (AvgIpc) is 2.71. The maximum Gasteiger partial charge on any atom is 0.232 e. The summed E-state index contributed by atoms with van der Waals surface area (Å²) in [5, 5.41) is 0. The van der Waals surface area contributed by atoms with Gasteiger partial charge in [-0.2, -0.15) is 0 Å². The van der Waals surface area contributed by atoms with Crippen molar-refractivity contribution >= 4 is 27.3 Å². The minimum atomic E-state index is -3.26. The summed E-state index contributed by atoms with van der Waals surface area (Å²) >= 11 is 0. The third-order valence-corrected chi connectivity index (χ3v) is 4.59. The van der Waals surface area contributed by atoms with Gasteiger partial charge >= 0.3 is 0 Å². The van der Waals surface area contributed by atoms with Crippen LogP contribution >= 0.6 is 0 Å². The molecular weight excluding hydrogens is 264 g/mol. The minimum Gasteiger partial charge on any atom is -0.312 e. The Bertz CT molecular complexity index is 596. The first-order chi connectivity index (χ1) is 8.93. The quantitative estimate of drug-likeness (QED) is 0.915. The second kappa shape index (κ2) is 5.21. The first kappa shape index (κ1) is 13.9. The van der Waals surface area contributed by atoms with Crippen LogP contribution in [0.3, 0.4) is 0 Å². The van der Waals surface area contributed by atoms with Gasteiger partial charge in [0.1, 0.15) is 0 Å². The van der Waals surface area contributed by atoms with Crippen molar-refractivity contribution in [2.24, 2.45) is 0 Å². The fourth-order valence-corrected chi connectivity index (χ4v) is 3.42. The summed E-state index contributed by atoms with van der Waals surface area (Å²) in [6.45, 7) is 4.02. The van der Waals surface area contributed by atoms with Gasteiger partial charge in [-0.05, 0) is 36.6 Å². The summed E-state index contributed by atoms with van der Waals surface area (Å²) < 4.78 is 26.0. The van der Waals surface area contributed by atoms with Crippen LogP contribution < -0.4 is 9.62 Å². The number of hydrogen-bond donors (Lipinski definition) is 1. The molecule has 1 aromatic carbocycles. The number of anilines is 2. The Balaban J connectivity index is 2.22. The van der Waals surface area contributed by atoms with Crippen LogP contribution in [0.25, 0.3) is 0 Å². The smallest absolute Gasteiger partial charge is 0.232 e. The number of rotatable bonds is 4. The van der Waals surface area contributed by atoms with E-state index < -0.39 is 10.0 Å². The van der Waals surface area contributed by atoms with Crippen LogP contribution in [0.15, 0.2) is 18.2 Å². The van der Waals surface area contributed by atoms with Crippen molar-refractivity contribution in [3.63, 3.8) is 0 Å². The Morgan fingerprint density at radius 3 is 2.79 bits per heavy atom. The zero-order valence-corrected chi connectivity index (χ0v) is 12.0. The molecule has 0 saturated carbocycles. The molecule has 0 spiro atoms. The maximum absolute atomic E-state index is 11.7. The van der Waals surface area contributed by atoms with Crippen molar-refractivity contribution in [2.75, 3.05) is 21.9 Å². The maximum atomic E-state index is 11.7. The number of carbonyl (C=O) groups is 1. The van der Waals surface area contributed by atoms with E-state index in [0.29, 0.717) is 18.7 Å². The van der Waals surface area contributed by atoms with E-state index in [2.05, 4.69) is 4.72 Å². The van der Waals surface area contributed by atoms with Crippen LogP contribution in [-0.4, -0.2) is 26.6 Å². The SMILES string of the molecule is CCCS(=O)(=O)Nc1ccc2c(c1)CCN2C(C)=O. The molecule has 1 heterocycles. The number of nitrogens with one attached hydrogen (secondary N) is 1. The first-order valence-electron chi connectivity index (χ1n) is 6.34. The molecule has 0 aliphatic carbocycles. The van der Waals surface area contributed by atoms with Gasteiger partial charge in [0, 0.05) is 24.8 Å². The van der Waals surface area contributed by atoms with Gasteiger partial charge in [0.25, 0.3) is 0 Å². The lowest BCUT2D eigenvalue weighted by molar-refractivity contribution is -0.116. The van der Waals surface area contributed by atoms with Crippen LogP contribution in [-0.2, 0) is 21.2 Å². The molecule has 0 unspecified atom stereocenters. The number of amides is 1. The molecule has 5 nitrogen and oxygen atoms in total. The molecule has 1 aromatic rings. The molecule has 0 fully saturated rings. The molecule has 6 heteroatoms. The van der Waals surface area contributed by atoms with Gasteiger partial charge in [-0.25, -0.2) is 8.42 Å². The van der Waals surface area contributed by atoms with Crippen LogP contribution in [0.2, 0.25) is 0 Å². The van der Waals surface area contributed by atoms with E-state index in [1.54, 1.807) is 17.0 Å². The van der Waals surface area contributed by atoms with E-state index in [-0.39, 0.29) is 11.7 Å². The largest absolute Gasteiger partial charge is 0.312 e. The Morgan fingerprint density at radius 2 is 2.16 bits per heavy atom. The number of benzene rings is 1. The molecule has 104 valence electrons. The molecule has 1 aliphatic heterocycles. The molecule has 0 aromatic heterocycles. The van der Waals surface area contributed by atoms with Crippen molar-refractivity contribution in [2.45, 2.75) is 26.7 Å². The van der Waals surface area contributed by atoms with Crippen molar-refractivity contribution in [1.82, 2.24) is 0 Å². The highest BCUT2D eigenvalue weighted by molar-refractivity contribution is 7.92. The zero-order chi connectivity index (χ0) is 14.0. The molecule has 2 rings (SSSR count). The number of sulfonamides is 1. The molecule has 19 heavy (non-hydrogen) atoms. The second-order valence-electron chi connectivity index (χ2n) is 4.69. The number of nitrogens with zero attached hydrogens (tertiary/aromatic N) is 1. The number of fused-ring (bicyclic) bond motifs is 1. The summed E-state index contributed by atoms with van der Waals surface area (Å²) in [6.07, 6.45) is 1.34. The lowest BCUT2D eigenvalue weighted by Crippen LogP contribution is -2.25. The van der Waals surface area contributed by atoms with Gasteiger partial charge in [-0.3, -0.25) is 9.52 Å². The van der Waals surface area contributed by atoms with Crippen LogP contribution in [0, 0.1) is 0 Å². The van der Waals surface area contributed by atoms with E-state index in [1.807, 2.05) is 13.0 Å². The Hall–Kier alpha value is -1.56. The fraction of sp³-hybridized carbons (Fsp3) is 0.462. The number of hydrogen-bond acceptors (Lipinski definition) is 3. The predicted molar refractivity (Wildman–Crippen MR) is 75.9 cm³/mol. The van der Waals surface area contributed by atoms with Crippen LogP contribution in [0.4, 0.5) is 11.4 Å². The molecule has 1 N–H and O–H groups in total. The van der Waals surface area contributed by atoms with Crippen molar-refractivity contribution in [1.29, 1.82) is 0 Å². The standard InChI is InChI=1S/C13H18N2O3S/c1-3-8-19(17,18)14-12-4-5-13-11(9-12)6-7-15(13)10(2)16/h4-5,9,14H,3,6-8H2,1-2H3. The summed E-state index contributed by atoms with van der Waals surface area (Å²) in [6, 6.07) is 5.31. The summed E-state index contributed by atoms with van der Waals surface area (Å²) in [5.41, 5.74) is 2.45. The van der Waals surface area contributed by atoms with E-state index in [9.17, 15) is 13.2 Å². The van der Waals surface area contributed by atoms with Crippen LogP contribution in [0.5, 0.6) is 0 Å². The summed E-state index contributed by atoms with van der Waals surface area (Å²) in [5.74, 6) is 0.127. The highest BCUT2D eigenvalue weighted by atomic mass is 32.2. The van der Waals surface area contributed by atoms with E-state index in [4.69, 9.17) is 0 Å². The predicted octanol–water partition coefficient (Wildman–Crippen LogP) is 1.75. The molecule has 1 aliphatic rings. The molecule has 0 saturated heterocycles. The van der Waals surface area contributed by atoms with E-state index in [0.717, 1.165) is 17.7 Å². The fourth-order valence-electron chi connectivity index (χ4n) is 2.29. The van der Waals surface area contributed by atoms with Gasteiger partial charge in [-0.1, -0.05) is 6.92 Å². The van der Waals surface area contributed by atoms with E-state index in [1.165, 1.54) is 6.92 Å². The lowest BCUT2D eigenvalue weighted by atomic mass is 10.1. The van der Waals surface area contributed by atoms with Gasteiger partial charge < -0.3 is 4.90 Å². The van der Waals surface area contributed by atoms with Crippen molar-refractivity contribution in [3.05, 3.63) is 23.8 Å². The monoisotopic (exact) mass is 282 g/mol. The summed E-state index contributed by atoms with van der Waals surface area (Å²) in [7, 11) is -3.26. The molecule has 0 bridgehead atoms. The molecule has 0 radical (unpaired) electrons. The Labute approximate surface area is 113 Å². The minimum absolute atomic E-state index is 0.0121. The topological polar surface area (TPSA) is 66.5 Å². The third kappa shape index (κ3) is 3.07. The third-order valence-electron chi connectivity index (χ3n) is 3.10. The highest BCUT2D eigenvalue weighted by Gasteiger charge is 2.22. The average molecular weight is 282 g/mol. The van der Waals surface area contributed by atoms with E-state index >= 15 is 0 Å². The van der Waals surface area contributed by atoms with Gasteiger partial charge in [0.15, 0.2) is 0 Å². The van der Waals surface area contributed by atoms with Gasteiger partial charge in [0.2, 0.25) is 15.9 Å². The normalized spacial score (nSPS) is 14.3. The number of carbonyl (C=O) groups excluding carboxylic acids is 1. The highest BCUT2D eigenvalue weighted by Crippen LogP contribution is 2.30. The molecule has 0 atom stereocenters. The Morgan fingerprint density at radius 1 is 1.42 bits per heavy atom. The van der Waals surface area contributed by atoms with Gasteiger partial charge in [-0.15, -0.1) is 0 Å². The molecular formula is C13H18N2O3S. The molecule has 1 amide bonds.